The molecule has 0 bridgehead atoms. The molecule has 2 aromatic rings. The number of halogens is 7. The summed E-state index contributed by atoms with van der Waals surface area (Å²) in [6.45, 7) is 0.187. The first-order valence-electron chi connectivity index (χ1n) is 9.78. The van der Waals surface area contributed by atoms with Gasteiger partial charge in [-0.3, -0.25) is 4.79 Å². The third kappa shape index (κ3) is 5.31. The van der Waals surface area contributed by atoms with Crippen LogP contribution in [0.15, 0.2) is 36.4 Å². The summed E-state index contributed by atoms with van der Waals surface area (Å²) in [6.07, 6.45) is -6.52. The maximum atomic E-state index is 12.8. The molecule has 0 aliphatic heterocycles. The maximum Gasteiger partial charge on any atom is 0.422 e. The van der Waals surface area contributed by atoms with Crippen molar-refractivity contribution in [2.24, 2.45) is 5.41 Å². The van der Waals surface area contributed by atoms with Gasteiger partial charge >= 0.3 is 18.3 Å². The van der Waals surface area contributed by atoms with Gasteiger partial charge in [0.1, 0.15) is 11.5 Å². The van der Waals surface area contributed by atoms with Crippen LogP contribution in [-0.2, 0) is 11.0 Å². The molecule has 0 spiro atoms. The molecule has 0 atom stereocenters. The van der Waals surface area contributed by atoms with E-state index in [1.807, 2.05) is 6.92 Å². The van der Waals surface area contributed by atoms with Gasteiger partial charge in [0.05, 0.1) is 16.0 Å². The summed E-state index contributed by atoms with van der Waals surface area (Å²) in [5, 5.41) is -0.133. The Morgan fingerprint density at radius 2 is 1.69 bits per heavy atom. The van der Waals surface area contributed by atoms with Crippen molar-refractivity contribution in [1.29, 1.82) is 0 Å². The van der Waals surface area contributed by atoms with Crippen molar-refractivity contribution >= 4 is 17.6 Å². The Morgan fingerprint density at radius 1 is 1.06 bits per heavy atom. The monoisotopic (exact) mass is 480 g/mol. The molecule has 0 unspecified atom stereocenters. The molecule has 174 valence electrons. The average Bonchev–Trinajstić information content (AvgIpc) is 2.64. The van der Waals surface area contributed by atoms with Crippen LogP contribution in [0, 0.1) is 5.41 Å². The first-order valence-corrected chi connectivity index (χ1v) is 10.2. The molecule has 1 aliphatic rings. The molecule has 32 heavy (non-hydrogen) atoms. The lowest BCUT2D eigenvalue weighted by atomic mass is 9.67. The molecule has 1 saturated carbocycles. The molecule has 0 radical (unpaired) electrons. The van der Waals surface area contributed by atoms with E-state index in [-0.39, 0.29) is 27.6 Å². The highest BCUT2D eigenvalue weighted by Gasteiger charge is 2.44. The van der Waals surface area contributed by atoms with Gasteiger partial charge in [-0.1, -0.05) is 37.1 Å². The highest BCUT2D eigenvalue weighted by molar-refractivity contribution is 6.34. The van der Waals surface area contributed by atoms with E-state index in [1.165, 1.54) is 6.07 Å². The van der Waals surface area contributed by atoms with Gasteiger partial charge < -0.3 is 9.47 Å². The Kier molecular flexibility index (Phi) is 6.70. The first kappa shape index (κ1) is 24.2. The predicted octanol–water partition coefficient (Wildman–Crippen LogP) is 7.45. The van der Waals surface area contributed by atoms with Gasteiger partial charge in [0.25, 0.3) is 0 Å². The van der Waals surface area contributed by atoms with Crippen LogP contribution in [0.1, 0.15) is 38.2 Å². The van der Waals surface area contributed by atoms with Crippen molar-refractivity contribution in [1.82, 2.24) is 0 Å². The lowest BCUT2D eigenvalue weighted by Gasteiger charge is -2.38. The zero-order valence-corrected chi connectivity index (χ0v) is 17.6. The van der Waals surface area contributed by atoms with Crippen LogP contribution >= 0.6 is 11.6 Å². The van der Waals surface area contributed by atoms with E-state index in [4.69, 9.17) is 21.1 Å². The molecule has 10 heteroatoms. The molecular formula is C22H19ClF6O3. The molecular weight excluding hydrogens is 462 g/mol. The van der Waals surface area contributed by atoms with E-state index in [2.05, 4.69) is 0 Å². The van der Waals surface area contributed by atoms with Crippen LogP contribution in [0.2, 0.25) is 5.02 Å². The fourth-order valence-corrected chi connectivity index (χ4v) is 3.83. The van der Waals surface area contributed by atoms with Crippen molar-refractivity contribution < 1.29 is 40.6 Å². The van der Waals surface area contributed by atoms with Crippen LogP contribution in [0.25, 0.3) is 11.1 Å². The largest absolute Gasteiger partial charge is 0.483 e. The molecule has 0 saturated heterocycles. The van der Waals surface area contributed by atoms with Gasteiger partial charge in [0.2, 0.25) is 0 Å². The number of hydrogen-bond acceptors (Lipinski definition) is 3. The molecule has 0 N–H and O–H groups in total. The minimum atomic E-state index is -4.67. The quantitative estimate of drug-likeness (QED) is 0.245. The maximum absolute atomic E-state index is 12.8. The van der Waals surface area contributed by atoms with Crippen LogP contribution in [0.4, 0.5) is 26.3 Å². The summed E-state index contributed by atoms with van der Waals surface area (Å²) in [4.78, 5) is 12.6. The fourth-order valence-electron chi connectivity index (χ4n) is 3.52. The van der Waals surface area contributed by atoms with E-state index in [0.29, 0.717) is 19.3 Å². The zero-order valence-electron chi connectivity index (χ0n) is 16.9. The fraction of sp³-hybridized carbons (Fsp3) is 0.409. The zero-order chi connectivity index (χ0) is 23.7. The van der Waals surface area contributed by atoms with Gasteiger partial charge in [0, 0.05) is 17.7 Å². The van der Waals surface area contributed by atoms with E-state index in [0.717, 1.165) is 36.8 Å². The summed E-state index contributed by atoms with van der Waals surface area (Å²) in [7, 11) is 0. The standard InChI is InChI=1S/C22H19ClF6O3/c1-2-20(8-3-9-20)19(30)32-15-10-16(23)18(17(11-15)31-12-21(24,25)26)13-4-6-14(7-5-13)22(27,28)29/h4-7,10-11H,2-3,8-9,12H2,1H3. The molecule has 3 nitrogen and oxygen atoms in total. The number of esters is 1. The summed E-state index contributed by atoms with van der Waals surface area (Å²) in [5.74, 6) is -0.976. The second-order valence-electron chi connectivity index (χ2n) is 7.63. The molecule has 0 aromatic heterocycles. The smallest absolute Gasteiger partial charge is 0.422 e. The number of ether oxygens (including phenoxy) is 2. The van der Waals surface area contributed by atoms with Gasteiger partial charge in [-0.05, 0) is 37.0 Å². The van der Waals surface area contributed by atoms with Crippen molar-refractivity contribution in [3.63, 3.8) is 0 Å². The average molecular weight is 481 g/mol. The lowest BCUT2D eigenvalue weighted by molar-refractivity contribution is -0.154. The second kappa shape index (κ2) is 8.84. The number of carbonyl (C=O) groups excluding carboxylic acids is 1. The number of carbonyl (C=O) groups is 1. The molecule has 0 heterocycles. The highest BCUT2D eigenvalue weighted by Crippen LogP contribution is 2.46. The van der Waals surface area contributed by atoms with E-state index in [1.54, 1.807) is 0 Å². The minimum Gasteiger partial charge on any atom is -0.483 e. The molecule has 2 aromatic carbocycles. The summed E-state index contributed by atoms with van der Waals surface area (Å²) in [6, 6.07) is 6.05. The number of alkyl halides is 6. The Labute approximate surface area is 185 Å². The minimum absolute atomic E-state index is 0.0433. The number of rotatable bonds is 6. The SMILES string of the molecule is CCC1(C(=O)Oc2cc(Cl)c(-c3ccc(C(F)(F)F)cc3)c(OCC(F)(F)F)c2)CCC1. The van der Waals surface area contributed by atoms with Crippen molar-refractivity contribution in [3.8, 4) is 22.6 Å². The summed E-state index contributed by atoms with van der Waals surface area (Å²) < 4.78 is 87.1. The van der Waals surface area contributed by atoms with E-state index < -0.39 is 35.9 Å². The normalized spacial score (nSPS) is 15.8. The Hall–Kier alpha value is -2.42. The molecule has 3 rings (SSSR count). The lowest BCUT2D eigenvalue weighted by Crippen LogP contribution is -2.40. The third-order valence-electron chi connectivity index (χ3n) is 5.55. The molecule has 1 fully saturated rings. The molecule has 1 aliphatic carbocycles. The first-order chi connectivity index (χ1) is 14.8. The van der Waals surface area contributed by atoms with Crippen molar-refractivity contribution in [3.05, 3.63) is 47.0 Å². The van der Waals surface area contributed by atoms with Crippen molar-refractivity contribution in [2.45, 2.75) is 45.0 Å². The third-order valence-corrected chi connectivity index (χ3v) is 5.85. The number of benzene rings is 2. The highest BCUT2D eigenvalue weighted by atomic mass is 35.5. The van der Waals surface area contributed by atoms with Crippen LogP contribution in [0.3, 0.4) is 0 Å². The van der Waals surface area contributed by atoms with Crippen LogP contribution in [0.5, 0.6) is 11.5 Å². The Balaban J connectivity index is 1.97. The van der Waals surface area contributed by atoms with Gasteiger partial charge in [0.15, 0.2) is 6.61 Å². The van der Waals surface area contributed by atoms with Gasteiger partial charge in [-0.15, -0.1) is 0 Å². The Morgan fingerprint density at radius 3 is 2.16 bits per heavy atom. The second-order valence-corrected chi connectivity index (χ2v) is 8.04. The van der Waals surface area contributed by atoms with E-state index >= 15 is 0 Å². The van der Waals surface area contributed by atoms with Gasteiger partial charge in [-0.2, -0.15) is 26.3 Å². The predicted molar refractivity (Wildman–Crippen MR) is 106 cm³/mol. The van der Waals surface area contributed by atoms with Gasteiger partial charge in [-0.25, -0.2) is 0 Å². The Bertz CT molecular complexity index is 973. The summed E-state index contributed by atoms with van der Waals surface area (Å²) in [5.41, 5.74) is -1.49. The molecule has 0 amide bonds. The van der Waals surface area contributed by atoms with E-state index in [9.17, 15) is 31.1 Å². The van der Waals surface area contributed by atoms with Crippen LogP contribution < -0.4 is 9.47 Å². The summed E-state index contributed by atoms with van der Waals surface area (Å²) >= 11 is 6.25. The van der Waals surface area contributed by atoms with Crippen LogP contribution in [-0.4, -0.2) is 18.8 Å². The number of hydrogen-bond donors (Lipinski definition) is 0. The van der Waals surface area contributed by atoms with Crippen molar-refractivity contribution in [2.75, 3.05) is 6.61 Å². The topological polar surface area (TPSA) is 35.5 Å².